The summed E-state index contributed by atoms with van der Waals surface area (Å²) in [6, 6.07) is 10.1. The predicted molar refractivity (Wildman–Crippen MR) is 167 cm³/mol. The number of hydrogen-bond donors (Lipinski definition) is 2. The molecule has 3 rings (SSSR count). The summed E-state index contributed by atoms with van der Waals surface area (Å²) in [5.74, 6) is 0.487. The summed E-state index contributed by atoms with van der Waals surface area (Å²) in [5.41, 5.74) is 5.01. The summed E-state index contributed by atoms with van der Waals surface area (Å²) in [6.45, 7) is 5.03. The van der Waals surface area contributed by atoms with Crippen LogP contribution in [0, 0.1) is 0 Å². The monoisotopic (exact) mass is 550 g/mol. The van der Waals surface area contributed by atoms with E-state index in [1.165, 1.54) is 81.6 Å². The van der Waals surface area contributed by atoms with Crippen LogP contribution in [0.3, 0.4) is 0 Å². The van der Waals surface area contributed by atoms with Crippen LogP contribution in [0.2, 0.25) is 0 Å². The molecule has 0 radical (unpaired) electrons. The Morgan fingerprint density at radius 2 is 1.40 bits per heavy atom. The molecular weight excluding hydrogens is 500 g/mol. The van der Waals surface area contributed by atoms with Gasteiger partial charge in [0.1, 0.15) is 0 Å². The van der Waals surface area contributed by atoms with Crippen molar-refractivity contribution in [1.29, 1.82) is 0 Å². The molecular formula is C32H50N6O2. The van der Waals surface area contributed by atoms with Gasteiger partial charge in [0.15, 0.2) is 11.2 Å². The smallest absolute Gasteiger partial charge is 0.303 e. The van der Waals surface area contributed by atoms with E-state index in [9.17, 15) is 9.59 Å². The van der Waals surface area contributed by atoms with Crippen molar-refractivity contribution in [2.45, 2.75) is 123 Å². The molecule has 0 unspecified atom stereocenters. The number of unbranched alkanes of at least 4 members (excludes halogenated alkanes) is 13. The van der Waals surface area contributed by atoms with Gasteiger partial charge in [0.25, 0.3) is 5.56 Å². The second-order valence-electron chi connectivity index (χ2n) is 11.0. The normalized spacial score (nSPS) is 11.9. The number of fused-ring (bicyclic) bond motifs is 1. The molecule has 0 saturated carbocycles. The molecule has 2 N–H and O–H groups in total. The largest absolute Gasteiger partial charge is 0.329 e. The van der Waals surface area contributed by atoms with Crippen molar-refractivity contribution >= 4 is 22.8 Å². The molecule has 220 valence electrons. The van der Waals surface area contributed by atoms with Crippen LogP contribution >= 0.6 is 0 Å². The van der Waals surface area contributed by atoms with E-state index >= 15 is 0 Å². The average Bonchev–Trinajstić information content (AvgIpc) is 3.33. The van der Waals surface area contributed by atoms with Crippen LogP contribution in [0.15, 0.2) is 45.0 Å². The van der Waals surface area contributed by atoms with Crippen molar-refractivity contribution in [1.82, 2.24) is 19.1 Å². The van der Waals surface area contributed by atoms with Gasteiger partial charge < -0.3 is 4.57 Å². The van der Waals surface area contributed by atoms with Crippen molar-refractivity contribution in [3.05, 3.63) is 56.7 Å². The number of aromatic amines is 1. The fourth-order valence-corrected chi connectivity index (χ4v) is 5.25. The summed E-state index contributed by atoms with van der Waals surface area (Å²) >= 11 is 0. The van der Waals surface area contributed by atoms with Crippen LogP contribution in [0.4, 0.5) is 5.95 Å². The van der Waals surface area contributed by atoms with Crippen LogP contribution in [-0.4, -0.2) is 24.8 Å². The molecule has 8 nitrogen and oxygen atoms in total. The van der Waals surface area contributed by atoms with E-state index in [0.29, 0.717) is 23.7 Å². The Kier molecular flexibility index (Phi) is 13.7. The molecule has 0 atom stereocenters. The quantitative estimate of drug-likeness (QED) is 0.0863. The maximum atomic E-state index is 12.8. The molecule has 0 bridgehead atoms. The minimum Gasteiger partial charge on any atom is -0.303 e. The number of rotatable bonds is 20. The van der Waals surface area contributed by atoms with Gasteiger partial charge in [-0.2, -0.15) is 10.1 Å². The molecule has 0 spiro atoms. The van der Waals surface area contributed by atoms with Gasteiger partial charge in [0.05, 0.1) is 5.71 Å². The topological polar surface area (TPSA) is 97.1 Å². The van der Waals surface area contributed by atoms with Gasteiger partial charge >= 0.3 is 5.69 Å². The summed E-state index contributed by atoms with van der Waals surface area (Å²) in [4.78, 5) is 32.1. The molecule has 2 aromatic heterocycles. The third kappa shape index (κ3) is 9.49. The fraction of sp³-hybridized carbons (Fsp3) is 0.625. The zero-order chi connectivity index (χ0) is 28.6. The van der Waals surface area contributed by atoms with Crippen LogP contribution in [-0.2, 0) is 13.6 Å². The zero-order valence-electron chi connectivity index (χ0n) is 25.0. The van der Waals surface area contributed by atoms with Crippen LogP contribution in [0.5, 0.6) is 0 Å². The van der Waals surface area contributed by atoms with Gasteiger partial charge in [-0.3, -0.25) is 14.3 Å². The van der Waals surface area contributed by atoms with Gasteiger partial charge in [-0.15, -0.1) is 0 Å². The van der Waals surface area contributed by atoms with E-state index in [4.69, 9.17) is 5.10 Å². The molecule has 3 aromatic rings. The number of aromatic nitrogens is 4. The first-order chi connectivity index (χ1) is 19.6. The molecule has 8 heteroatoms. The Bertz CT molecular complexity index is 1290. The molecule has 0 saturated heterocycles. The Labute approximate surface area is 239 Å². The third-order valence-corrected chi connectivity index (χ3v) is 7.63. The second kappa shape index (κ2) is 17.5. The first-order valence-electron chi connectivity index (χ1n) is 15.6. The first-order valence-corrected chi connectivity index (χ1v) is 15.6. The molecule has 0 amide bonds. The van der Waals surface area contributed by atoms with E-state index in [0.717, 1.165) is 37.0 Å². The highest BCUT2D eigenvalue weighted by atomic mass is 16.2. The van der Waals surface area contributed by atoms with Crippen molar-refractivity contribution in [2.24, 2.45) is 12.1 Å². The van der Waals surface area contributed by atoms with Crippen LogP contribution in [0.1, 0.15) is 122 Å². The molecule has 2 heterocycles. The highest BCUT2D eigenvalue weighted by Gasteiger charge is 2.17. The van der Waals surface area contributed by atoms with E-state index in [-0.39, 0.29) is 0 Å². The predicted octanol–water partition coefficient (Wildman–Crippen LogP) is 7.52. The number of benzene rings is 1. The number of imidazole rings is 1. The van der Waals surface area contributed by atoms with Crippen molar-refractivity contribution < 1.29 is 0 Å². The number of nitrogens with zero attached hydrogens (tertiary/aromatic N) is 4. The molecule has 40 heavy (non-hydrogen) atoms. The van der Waals surface area contributed by atoms with Gasteiger partial charge in [-0.05, 0) is 18.4 Å². The lowest BCUT2D eigenvalue weighted by Crippen LogP contribution is -2.29. The van der Waals surface area contributed by atoms with Crippen molar-refractivity contribution in [3.8, 4) is 0 Å². The first kappa shape index (κ1) is 31.4. The lowest BCUT2D eigenvalue weighted by atomic mass is 10.0. The second-order valence-corrected chi connectivity index (χ2v) is 11.0. The standard InChI is InChI=1S/C32H50N6O2/c1-4-6-7-8-9-10-11-12-13-14-15-16-17-21-25-38-28-29(37(3)32(40)34-30(28)39)33-31(38)36-35-27(22-5-2)26-23-19-18-20-24-26/h18-20,23-24H,4-17,21-22,25H2,1-3H3,(H,33,36)(H,34,39,40)/b35-27+. The third-order valence-electron chi connectivity index (χ3n) is 7.63. The maximum absolute atomic E-state index is 12.8. The summed E-state index contributed by atoms with van der Waals surface area (Å²) in [5, 5.41) is 4.69. The Hall–Kier alpha value is -3.16. The number of aryl methyl sites for hydroxylation is 2. The van der Waals surface area contributed by atoms with E-state index < -0.39 is 11.2 Å². The lowest BCUT2D eigenvalue weighted by molar-refractivity contribution is 0.526. The Morgan fingerprint density at radius 1 is 0.825 bits per heavy atom. The Balaban J connectivity index is 1.56. The fourth-order valence-electron chi connectivity index (χ4n) is 5.25. The SMILES string of the molecule is CCCCCCCCCCCCCCCCn1c(N/N=C(\CCC)c2ccccc2)nc2c1c(=O)[nH]c(=O)n2C. The van der Waals surface area contributed by atoms with E-state index in [1.54, 1.807) is 7.05 Å². The minimum atomic E-state index is -0.468. The number of hydrazone groups is 1. The number of H-pyrrole nitrogens is 1. The minimum absolute atomic E-state index is 0.369. The van der Waals surface area contributed by atoms with Gasteiger partial charge in [-0.1, -0.05) is 134 Å². The number of hydrogen-bond acceptors (Lipinski definition) is 5. The molecule has 0 aliphatic heterocycles. The number of nitrogens with one attached hydrogen (secondary N) is 2. The molecule has 1 aromatic carbocycles. The molecule has 0 aliphatic rings. The summed E-state index contributed by atoms with van der Waals surface area (Å²) in [7, 11) is 1.63. The highest BCUT2D eigenvalue weighted by molar-refractivity contribution is 6.00. The molecule has 0 aliphatic carbocycles. The number of anilines is 1. The summed E-state index contributed by atoms with van der Waals surface area (Å²) in [6.07, 6.45) is 19.9. The molecule has 0 fully saturated rings. The van der Waals surface area contributed by atoms with E-state index in [1.807, 2.05) is 34.9 Å². The van der Waals surface area contributed by atoms with Gasteiger partial charge in [-0.25, -0.2) is 10.2 Å². The van der Waals surface area contributed by atoms with Gasteiger partial charge in [0, 0.05) is 13.6 Å². The van der Waals surface area contributed by atoms with Crippen LogP contribution in [0.25, 0.3) is 11.2 Å². The maximum Gasteiger partial charge on any atom is 0.329 e. The summed E-state index contributed by atoms with van der Waals surface area (Å²) < 4.78 is 3.27. The zero-order valence-corrected chi connectivity index (χ0v) is 25.0. The highest BCUT2D eigenvalue weighted by Crippen LogP contribution is 2.19. The van der Waals surface area contributed by atoms with E-state index in [2.05, 4.69) is 29.2 Å². The van der Waals surface area contributed by atoms with Crippen LogP contribution < -0.4 is 16.7 Å². The van der Waals surface area contributed by atoms with Crippen molar-refractivity contribution in [2.75, 3.05) is 5.43 Å². The average molecular weight is 551 g/mol. The van der Waals surface area contributed by atoms with Crippen molar-refractivity contribution in [3.63, 3.8) is 0 Å². The lowest BCUT2D eigenvalue weighted by Gasteiger charge is -2.10. The van der Waals surface area contributed by atoms with Gasteiger partial charge in [0.2, 0.25) is 5.95 Å². The Morgan fingerprint density at radius 3 is 1.98 bits per heavy atom.